The summed E-state index contributed by atoms with van der Waals surface area (Å²) in [6, 6.07) is 0.757. The van der Waals surface area contributed by atoms with E-state index in [0.29, 0.717) is 33.1 Å². The summed E-state index contributed by atoms with van der Waals surface area (Å²) < 4.78 is 1.76. The molecule has 35 heavy (non-hydrogen) atoms. The number of thiazole rings is 1. The molecule has 0 bridgehead atoms. The number of aryl methyl sites for hydroxylation is 1. The molecule has 2 unspecified atom stereocenters. The highest BCUT2D eigenvalue weighted by Gasteiger charge is 2.52. The van der Waals surface area contributed by atoms with Gasteiger partial charge in [0.2, 0.25) is 5.82 Å². The number of nitrogens with two attached hydrogens (primary N) is 2. The molecule has 2 aliphatic rings. The van der Waals surface area contributed by atoms with E-state index in [-0.39, 0.29) is 18.1 Å². The number of anilines is 2. The second-order valence-corrected chi connectivity index (χ2v) is 10.3. The van der Waals surface area contributed by atoms with E-state index in [2.05, 4.69) is 20.4 Å². The van der Waals surface area contributed by atoms with Gasteiger partial charge in [0.05, 0.1) is 30.6 Å². The first-order valence-corrected chi connectivity index (χ1v) is 12.9. The van der Waals surface area contributed by atoms with Crippen molar-refractivity contribution in [3.05, 3.63) is 34.6 Å². The zero-order valence-electron chi connectivity index (χ0n) is 18.2. The number of aromatic nitrogens is 3. The number of carbonyl (C=O) groups excluding carboxylic acids is 3. The number of amides is 2. The van der Waals surface area contributed by atoms with Crippen molar-refractivity contribution < 1.29 is 28.9 Å². The Morgan fingerprint density at radius 3 is 2.97 bits per heavy atom. The van der Waals surface area contributed by atoms with Crippen LogP contribution in [0.3, 0.4) is 0 Å². The van der Waals surface area contributed by atoms with Gasteiger partial charge in [-0.1, -0.05) is 5.16 Å². The number of hydrogen-bond donors (Lipinski definition) is 3. The van der Waals surface area contributed by atoms with E-state index in [1.165, 1.54) is 34.9 Å². The van der Waals surface area contributed by atoms with E-state index in [4.69, 9.17) is 16.3 Å². The van der Waals surface area contributed by atoms with Gasteiger partial charge in [-0.2, -0.15) is 0 Å². The number of hydrogen-bond acceptors (Lipinski definition) is 13. The molecule has 16 heteroatoms. The molecule has 0 aliphatic carbocycles. The van der Waals surface area contributed by atoms with Crippen molar-refractivity contribution in [1.82, 2.24) is 20.2 Å². The molecule has 0 aromatic carbocycles. The fourth-order valence-electron chi connectivity index (χ4n) is 3.32. The molecule has 0 radical (unpaired) electrons. The van der Waals surface area contributed by atoms with Crippen LogP contribution in [0.2, 0.25) is 0 Å². The lowest BCUT2D eigenvalue weighted by atomic mass is 10.0. The van der Waals surface area contributed by atoms with Crippen molar-refractivity contribution in [2.45, 2.75) is 23.2 Å². The minimum absolute atomic E-state index is 0.0375. The number of nitrogen functional groups attached to an aromatic ring is 2. The number of nitrogens with zero attached hydrogens (tertiary/aromatic N) is 5. The second-order valence-electron chi connectivity index (χ2n) is 7.36. The molecule has 1 fully saturated rings. The summed E-state index contributed by atoms with van der Waals surface area (Å²) in [7, 11) is 1.80. The highest BCUT2D eigenvalue weighted by atomic mass is 32.2. The minimum Gasteiger partial charge on any atom is -0.543 e. The van der Waals surface area contributed by atoms with Crippen LogP contribution in [0.4, 0.5) is 10.9 Å². The molecule has 2 aliphatic heterocycles. The summed E-state index contributed by atoms with van der Waals surface area (Å²) >= 11 is 3.90. The number of β-lactam (4-membered cyclic amide) rings is 1. The van der Waals surface area contributed by atoms with Gasteiger partial charge in [0.1, 0.15) is 17.6 Å². The Hall–Kier alpha value is -3.37. The first-order chi connectivity index (χ1) is 16.7. The standard InChI is InChI=1S/C19H20N8O5S3/c1-26-3-2-11(20)24-19(26)35-7-9-6-33-16-13(15(29)27(16)14(9)17(30)31)25-12(28)4-22-32-5-10-8-34-18(21)23-10/h2-4,8,13,16,20H,5-7H2,1H3,(H4,21,23,25,28,30,31)/b22-4-. The SMILES string of the molecule is C[n+]1ccc(N)nc1SCC1=C(C(=O)[O-])N2C(=O)C(NC(=O)/C=N\OCc3csc(N)n3)C2SC1. The zero-order chi connectivity index (χ0) is 25.1. The fourth-order valence-corrected chi connectivity index (χ4v) is 6.31. The molecule has 4 rings (SSSR count). The number of aliphatic carboxylic acids is 1. The summed E-state index contributed by atoms with van der Waals surface area (Å²) in [5, 5.41) is 20.1. The summed E-state index contributed by atoms with van der Waals surface area (Å²) in [4.78, 5) is 51.2. The van der Waals surface area contributed by atoms with Crippen molar-refractivity contribution in [3.63, 3.8) is 0 Å². The largest absolute Gasteiger partial charge is 0.543 e. The van der Waals surface area contributed by atoms with Gasteiger partial charge in [-0.25, -0.2) is 9.55 Å². The predicted octanol–water partition coefficient (Wildman–Crippen LogP) is -1.77. The monoisotopic (exact) mass is 536 g/mol. The smallest absolute Gasteiger partial charge is 0.361 e. The van der Waals surface area contributed by atoms with Gasteiger partial charge < -0.3 is 31.5 Å². The van der Waals surface area contributed by atoms with Crippen LogP contribution in [0.15, 0.2) is 39.2 Å². The van der Waals surface area contributed by atoms with Crippen molar-refractivity contribution in [2.24, 2.45) is 12.2 Å². The van der Waals surface area contributed by atoms with Crippen LogP contribution in [0.25, 0.3) is 0 Å². The number of nitrogens with one attached hydrogen (secondary N) is 1. The molecule has 2 aromatic rings. The van der Waals surface area contributed by atoms with Gasteiger partial charge >= 0.3 is 5.16 Å². The topological polar surface area (TPSA) is 193 Å². The molecule has 2 atom stereocenters. The maximum atomic E-state index is 12.7. The van der Waals surface area contributed by atoms with Gasteiger partial charge in [-0.3, -0.25) is 14.5 Å². The number of oxime groups is 1. The van der Waals surface area contributed by atoms with Crippen LogP contribution < -0.4 is 26.5 Å². The average Bonchev–Trinajstić information content (AvgIpc) is 3.24. The van der Waals surface area contributed by atoms with E-state index in [9.17, 15) is 19.5 Å². The normalized spacial score (nSPS) is 19.5. The number of carboxylic acids is 1. The molecule has 5 N–H and O–H groups in total. The van der Waals surface area contributed by atoms with E-state index >= 15 is 0 Å². The molecule has 13 nitrogen and oxygen atoms in total. The minimum atomic E-state index is -1.45. The van der Waals surface area contributed by atoms with Crippen molar-refractivity contribution in [1.29, 1.82) is 0 Å². The highest BCUT2D eigenvalue weighted by molar-refractivity contribution is 8.01. The van der Waals surface area contributed by atoms with Crippen molar-refractivity contribution >= 4 is 69.8 Å². The van der Waals surface area contributed by atoms with Crippen LogP contribution in [0.1, 0.15) is 5.69 Å². The highest BCUT2D eigenvalue weighted by Crippen LogP contribution is 2.41. The average molecular weight is 537 g/mol. The van der Waals surface area contributed by atoms with Crippen LogP contribution >= 0.6 is 34.9 Å². The molecule has 0 spiro atoms. The Bertz CT molecular complexity index is 1230. The van der Waals surface area contributed by atoms with Gasteiger partial charge in [-0.15, -0.1) is 23.1 Å². The van der Waals surface area contributed by atoms with Gasteiger partial charge in [0, 0.05) is 23.0 Å². The third kappa shape index (κ3) is 5.49. The van der Waals surface area contributed by atoms with Gasteiger partial charge in [-0.05, 0) is 22.3 Å². The molecule has 2 aromatic heterocycles. The van der Waals surface area contributed by atoms with Crippen LogP contribution in [0, 0.1) is 0 Å². The number of carboxylic acid groups (broad SMARTS) is 1. The lowest BCUT2D eigenvalue weighted by Gasteiger charge is -2.50. The lowest BCUT2D eigenvalue weighted by molar-refractivity contribution is -0.713. The van der Waals surface area contributed by atoms with Crippen molar-refractivity contribution in [2.75, 3.05) is 23.0 Å². The van der Waals surface area contributed by atoms with E-state index < -0.39 is 29.2 Å². The fraction of sp³-hybridized carbons (Fsp3) is 0.316. The van der Waals surface area contributed by atoms with Crippen molar-refractivity contribution in [3.8, 4) is 0 Å². The second kappa shape index (κ2) is 10.5. The lowest BCUT2D eigenvalue weighted by Crippen LogP contribution is -2.71. The third-order valence-corrected chi connectivity index (χ3v) is 8.13. The molecule has 4 heterocycles. The zero-order valence-corrected chi connectivity index (χ0v) is 20.7. The summed E-state index contributed by atoms with van der Waals surface area (Å²) in [6.07, 6.45) is 2.65. The van der Waals surface area contributed by atoms with Gasteiger partial charge in [0.15, 0.2) is 11.7 Å². The van der Waals surface area contributed by atoms with E-state index in [0.717, 1.165) is 11.1 Å². The quantitative estimate of drug-likeness (QED) is 0.0819. The summed E-state index contributed by atoms with van der Waals surface area (Å²) in [6.45, 7) is 0.0375. The van der Waals surface area contributed by atoms with Crippen LogP contribution in [-0.4, -0.2) is 61.8 Å². The number of thioether (sulfide) groups is 2. The Kier molecular flexibility index (Phi) is 7.42. The first kappa shape index (κ1) is 24.7. The van der Waals surface area contributed by atoms with Crippen LogP contribution in [0.5, 0.6) is 0 Å². The molecular weight excluding hydrogens is 516 g/mol. The number of fused-ring (bicyclic) bond motifs is 1. The Morgan fingerprint density at radius 2 is 2.26 bits per heavy atom. The Balaban J connectivity index is 1.36. The maximum Gasteiger partial charge on any atom is 0.361 e. The maximum absolute atomic E-state index is 12.7. The molecule has 0 saturated carbocycles. The molecule has 2 amide bonds. The van der Waals surface area contributed by atoms with E-state index in [1.807, 2.05) is 0 Å². The number of carbonyl (C=O) groups is 3. The van der Waals surface area contributed by atoms with Crippen LogP contribution in [-0.2, 0) is 32.9 Å². The summed E-state index contributed by atoms with van der Waals surface area (Å²) in [5.74, 6) is -1.68. The molecule has 1 saturated heterocycles. The van der Waals surface area contributed by atoms with Gasteiger partial charge in [0.25, 0.3) is 11.8 Å². The third-order valence-electron chi connectivity index (χ3n) is 4.94. The summed E-state index contributed by atoms with van der Waals surface area (Å²) in [5.41, 5.74) is 12.2. The predicted molar refractivity (Wildman–Crippen MR) is 127 cm³/mol. The Morgan fingerprint density at radius 1 is 1.46 bits per heavy atom. The number of rotatable bonds is 9. The van der Waals surface area contributed by atoms with E-state index in [1.54, 1.807) is 29.3 Å². The molecular formula is C19H20N8O5S3. The first-order valence-electron chi connectivity index (χ1n) is 10.0. The molecule has 184 valence electrons. The Labute approximate surface area is 211 Å².